The van der Waals surface area contributed by atoms with Crippen LogP contribution >= 0.6 is 35.0 Å². The van der Waals surface area contributed by atoms with Gasteiger partial charge < -0.3 is 14.5 Å². The largest absolute Gasteiger partial charge is 0.484 e. The lowest BCUT2D eigenvalue weighted by Gasteiger charge is -2.07. The lowest BCUT2D eigenvalue weighted by molar-refractivity contribution is -0.113. The van der Waals surface area contributed by atoms with Crippen molar-refractivity contribution in [3.8, 4) is 5.75 Å². The summed E-state index contributed by atoms with van der Waals surface area (Å²) >= 11 is 13.1. The number of amides is 1. The molecule has 1 N–H and O–H groups in total. The molecule has 0 aliphatic heterocycles. The first-order valence-corrected chi connectivity index (χ1v) is 9.23. The Bertz CT molecular complexity index is 890. The van der Waals surface area contributed by atoms with Crippen molar-refractivity contribution in [3.63, 3.8) is 0 Å². The summed E-state index contributed by atoms with van der Waals surface area (Å²) in [6.07, 6.45) is 0. The molecule has 3 rings (SSSR count). The lowest BCUT2D eigenvalue weighted by Crippen LogP contribution is -2.14. The van der Waals surface area contributed by atoms with Crippen LogP contribution in [0.15, 0.2) is 58.2 Å². The Kier molecular flexibility index (Phi) is 6.38. The van der Waals surface area contributed by atoms with Crippen molar-refractivity contribution >= 4 is 46.6 Å². The number of hydrogen-bond acceptors (Lipinski definition) is 6. The highest BCUT2D eigenvalue weighted by atomic mass is 35.5. The number of nitrogens with one attached hydrogen (secondary N) is 1. The fraction of sp³-hybridized carbons (Fsp3) is 0.118. The van der Waals surface area contributed by atoms with Gasteiger partial charge >= 0.3 is 0 Å². The Morgan fingerprint density at radius 3 is 2.73 bits per heavy atom. The summed E-state index contributed by atoms with van der Waals surface area (Å²) in [5, 5.41) is 11.4. The van der Waals surface area contributed by atoms with Crippen molar-refractivity contribution in [2.75, 3.05) is 11.1 Å². The highest BCUT2D eigenvalue weighted by molar-refractivity contribution is 7.99. The molecule has 0 atom stereocenters. The number of anilines is 1. The van der Waals surface area contributed by atoms with E-state index >= 15 is 0 Å². The van der Waals surface area contributed by atoms with Gasteiger partial charge in [-0.2, -0.15) is 0 Å². The number of benzene rings is 2. The van der Waals surface area contributed by atoms with Crippen molar-refractivity contribution in [1.82, 2.24) is 10.2 Å². The molecule has 0 spiro atoms. The Morgan fingerprint density at radius 1 is 1.12 bits per heavy atom. The van der Waals surface area contributed by atoms with E-state index in [-0.39, 0.29) is 23.5 Å². The van der Waals surface area contributed by atoms with Gasteiger partial charge in [0.25, 0.3) is 11.1 Å². The molecular weight excluding hydrogens is 397 g/mol. The van der Waals surface area contributed by atoms with E-state index in [1.165, 1.54) is 0 Å². The third kappa shape index (κ3) is 5.14. The first-order valence-electron chi connectivity index (χ1n) is 7.48. The maximum Gasteiger partial charge on any atom is 0.277 e. The maximum atomic E-state index is 12.0. The first kappa shape index (κ1) is 18.6. The molecule has 0 aliphatic carbocycles. The van der Waals surface area contributed by atoms with Crippen molar-refractivity contribution in [2.24, 2.45) is 0 Å². The van der Waals surface area contributed by atoms with Crippen LogP contribution < -0.4 is 10.1 Å². The van der Waals surface area contributed by atoms with Gasteiger partial charge in [-0.05, 0) is 24.3 Å². The molecule has 3 aromatic rings. The van der Waals surface area contributed by atoms with Crippen LogP contribution in [0.25, 0.3) is 0 Å². The number of carbonyl (C=O) groups is 1. The number of aromatic nitrogens is 2. The molecule has 0 unspecified atom stereocenters. The third-order valence-electron chi connectivity index (χ3n) is 3.11. The fourth-order valence-electron chi connectivity index (χ4n) is 1.93. The second-order valence-electron chi connectivity index (χ2n) is 5.00. The van der Waals surface area contributed by atoms with Gasteiger partial charge in [-0.3, -0.25) is 4.79 Å². The smallest absolute Gasteiger partial charge is 0.277 e. The van der Waals surface area contributed by atoms with E-state index in [0.717, 1.165) is 11.8 Å². The van der Waals surface area contributed by atoms with E-state index < -0.39 is 0 Å². The number of para-hydroxylation sites is 1. The molecule has 0 bridgehead atoms. The summed E-state index contributed by atoms with van der Waals surface area (Å²) in [4.78, 5) is 12.0. The summed E-state index contributed by atoms with van der Waals surface area (Å²) in [7, 11) is 0. The van der Waals surface area contributed by atoms with Gasteiger partial charge in [0.05, 0.1) is 21.5 Å². The first-order chi connectivity index (χ1) is 12.6. The molecule has 0 saturated carbocycles. The van der Waals surface area contributed by atoms with Crippen LogP contribution in [-0.4, -0.2) is 21.9 Å². The average Bonchev–Trinajstić information content (AvgIpc) is 3.11. The van der Waals surface area contributed by atoms with Crippen LogP contribution in [0.1, 0.15) is 5.89 Å². The van der Waals surface area contributed by atoms with Gasteiger partial charge in [0.1, 0.15) is 5.75 Å². The van der Waals surface area contributed by atoms with Crippen molar-refractivity contribution in [3.05, 3.63) is 64.5 Å². The van der Waals surface area contributed by atoms with Crippen molar-refractivity contribution in [2.45, 2.75) is 11.8 Å². The van der Waals surface area contributed by atoms with Gasteiger partial charge in [0.2, 0.25) is 5.91 Å². The van der Waals surface area contributed by atoms with E-state index in [9.17, 15) is 4.79 Å². The molecule has 0 radical (unpaired) electrons. The minimum absolute atomic E-state index is 0.0873. The summed E-state index contributed by atoms with van der Waals surface area (Å²) in [5.41, 5.74) is 0.451. The quantitative estimate of drug-likeness (QED) is 0.570. The van der Waals surface area contributed by atoms with Crippen LogP contribution in [0.5, 0.6) is 5.75 Å². The number of hydrogen-bond donors (Lipinski definition) is 1. The summed E-state index contributed by atoms with van der Waals surface area (Å²) in [6, 6.07) is 14.3. The second-order valence-corrected chi connectivity index (χ2v) is 6.71. The van der Waals surface area contributed by atoms with Crippen LogP contribution in [0.4, 0.5) is 5.69 Å². The normalized spacial score (nSPS) is 10.5. The van der Waals surface area contributed by atoms with Crippen LogP contribution in [-0.2, 0) is 11.4 Å². The molecule has 1 heterocycles. The maximum absolute atomic E-state index is 12.0. The Hall–Kier alpha value is -2.22. The topological polar surface area (TPSA) is 77.2 Å². The summed E-state index contributed by atoms with van der Waals surface area (Å²) in [5.74, 6) is 0.857. The Balaban J connectivity index is 1.48. The van der Waals surface area contributed by atoms with E-state index in [1.807, 2.05) is 30.3 Å². The molecule has 1 amide bonds. The van der Waals surface area contributed by atoms with E-state index in [2.05, 4.69) is 15.5 Å². The van der Waals surface area contributed by atoms with E-state index in [0.29, 0.717) is 27.4 Å². The van der Waals surface area contributed by atoms with Crippen molar-refractivity contribution < 1.29 is 13.9 Å². The number of carbonyl (C=O) groups excluding carboxylic acids is 1. The second kappa shape index (κ2) is 8.93. The highest BCUT2D eigenvalue weighted by Crippen LogP contribution is 2.29. The molecule has 0 aliphatic rings. The molecule has 9 heteroatoms. The minimum Gasteiger partial charge on any atom is -0.484 e. The molecule has 6 nitrogen and oxygen atoms in total. The molecule has 2 aromatic carbocycles. The zero-order valence-corrected chi connectivity index (χ0v) is 15.6. The number of halogens is 2. The van der Waals surface area contributed by atoms with E-state index in [4.69, 9.17) is 32.4 Å². The molecule has 0 saturated heterocycles. The summed E-state index contributed by atoms with van der Waals surface area (Å²) in [6.45, 7) is 0.155. The van der Waals surface area contributed by atoms with Crippen LogP contribution in [0.3, 0.4) is 0 Å². The predicted octanol–water partition coefficient (Wildman–Crippen LogP) is 4.69. The Morgan fingerprint density at radius 2 is 1.92 bits per heavy atom. The lowest BCUT2D eigenvalue weighted by atomic mass is 10.3. The average molecular weight is 410 g/mol. The summed E-state index contributed by atoms with van der Waals surface area (Å²) < 4.78 is 11.0. The van der Waals surface area contributed by atoms with Gasteiger partial charge in [-0.15, -0.1) is 10.2 Å². The monoisotopic (exact) mass is 409 g/mol. The molecular formula is C17H13Cl2N3O3S. The number of rotatable bonds is 7. The zero-order chi connectivity index (χ0) is 18.4. The standard InChI is InChI=1S/C17H13Cl2N3O3S/c18-12-7-4-8-13(16(12)19)20-14(23)10-26-17-22-21-15(25-17)9-24-11-5-2-1-3-6-11/h1-8H,9-10H2,(H,20,23). The van der Waals surface area contributed by atoms with Gasteiger partial charge in [-0.25, -0.2) is 0 Å². The predicted molar refractivity (Wildman–Crippen MR) is 101 cm³/mol. The zero-order valence-electron chi connectivity index (χ0n) is 13.3. The van der Waals surface area contributed by atoms with Gasteiger partial charge in [0.15, 0.2) is 6.61 Å². The molecule has 26 heavy (non-hydrogen) atoms. The van der Waals surface area contributed by atoms with Gasteiger partial charge in [-0.1, -0.05) is 59.2 Å². The minimum atomic E-state index is -0.264. The highest BCUT2D eigenvalue weighted by Gasteiger charge is 2.12. The Labute approximate surface area is 163 Å². The number of nitrogens with zero attached hydrogens (tertiary/aromatic N) is 2. The fourth-order valence-corrected chi connectivity index (χ4v) is 2.86. The number of thioether (sulfide) groups is 1. The van der Waals surface area contributed by atoms with Crippen LogP contribution in [0, 0.1) is 0 Å². The van der Waals surface area contributed by atoms with Crippen LogP contribution in [0.2, 0.25) is 10.0 Å². The molecule has 1 aromatic heterocycles. The van der Waals surface area contributed by atoms with E-state index in [1.54, 1.807) is 18.2 Å². The SMILES string of the molecule is O=C(CSc1nnc(COc2ccccc2)o1)Nc1cccc(Cl)c1Cl. The number of ether oxygens (including phenoxy) is 1. The molecule has 134 valence electrons. The van der Waals surface area contributed by atoms with Gasteiger partial charge in [0, 0.05) is 0 Å². The third-order valence-corrected chi connectivity index (χ3v) is 4.74. The molecule has 0 fully saturated rings. The van der Waals surface area contributed by atoms with Crippen molar-refractivity contribution in [1.29, 1.82) is 0 Å².